The van der Waals surface area contributed by atoms with Crippen molar-refractivity contribution in [2.24, 2.45) is 16.7 Å². The van der Waals surface area contributed by atoms with Crippen LogP contribution in [0.15, 0.2) is 48.1 Å². The number of aliphatic hydroxyl groups excluding tert-OH is 2. The Kier molecular flexibility index (Phi) is 11.3. The number of benzene rings is 1. The standard InChI is InChI=1S/C43H60O13/c1-24-37(47)31(51-6)22-36(52-24)56-38-25(2)53-35(21-30(38)45)54-29-15-16-39(4)28(20-29)14-17-42(49)32(39)23-33(55-34(46)13-12-27-10-8-7-9-11-27)40(5)41(48,26(3)44)18-19-43(40,42)50/h7-14,24-25,29-33,35-38,45,47-50H,15-23H2,1-6H3/b13-12+/t24-,25+,29-,30-,31-,32+,33+,35-,36-,37+,38+,39-,40+,41+,42-,43+/m0/s1. The van der Waals surface area contributed by atoms with Crippen LogP contribution in [-0.2, 0) is 38.0 Å². The van der Waals surface area contributed by atoms with Crippen molar-refractivity contribution in [3.8, 4) is 0 Å². The number of ketones is 1. The van der Waals surface area contributed by atoms with Gasteiger partial charge in [-0.1, -0.05) is 48.9 Å². The summed E-state index contributed by atoms with van der Waals surface area (Å²) in [4.78, 5) is 26.6. The predicted molar refractivity (Wildman–Crippen MR) is 201 cm³/mol. The Labute approximate surface area is 328 Å². The molecule has 1 aromatic carbocycles. The van der Waals surface area contributed by atoms with Crippen LogP contribution >= 0.6 is 0 Å². The second-order valence-electron chi connectivity index (χ2n) is 17.7. The minimum atomic E-state index is -2.03. The number of methoxy groups -OCH3 is 1. The number of ether oxygens (including phenoxy) is 6. The fraction of sp³-hybridized carbons (Fsp3) is 0.721. The molecule has 310 valence electrons. The summed E-state index contributed by atoms with van der Waals surface area (Å²) in [6.07, 6.45) is 0.642. The lowest BCUT2D eigenvalue weighted by Crippen LogP contribution is -2.78. The van der Waals surface area contributed by atoms with E-state index in [2.05, 4.69) is 6.92 Å². The first kappa shape index (κ1) is 41.6. The molecule has 2 heterocycles. The molecular formula is C43H60O13. The quantitative estimate of drug-likeness (QED) is 0.139. The summed E-state index contributed by atoms with van der Waals surface area (Å²) < 4.78 is 36.3. The number of hydrogen-bond donors (Lipinski definition) is 5. The molecule has 4 aliphatic carbocycles. The molecular weight excluding hydrogens is 724 g/mol. The van der Waals surface area contributed by atoms with Crippen LogP contribution in [0.5, 0.6) is 0 Å². The van der Waals surface area contributed by atoms with E-state index in [0.717, 1.165) is 11.1 Å². The van der Waals surface area contributed by atoms with E-state index in [4.69, 9.17) is 28.4 Å². The summed E-state index contributed by atoms with van der Waals surface area (Å²) in [5.74, 6) is -1.79. The second kappa shape index (κ2) is 15.2. The highest BCUT2D eigenvalue weighted by atomic mass is 16.7. The molecule has 0 unspecified atom stereocenters. The van der Waals surface area contributed by atoms with Gasteiger partial charge >= 0.3 is 5.97 Å². The Morgan fingerprint density at radius 3 is 2.29 bits per heavy atom. The molecule has 13 heteroatoms. The molecule has 5 N–H and O–H groups in total. The molecule has 0 bridgehead atoms. The molecule has 2 aliphatic heterocycles. The van der Waals surface area contributed by atoms with Gasteiger partial charge in [0.25, 0.3) is 0 Å². The Balaban J connectivity index is 1.07. The number of fused-ring (bicyclic) bond motifs is 5. The van der Waals surface area contributed by atoms with Crippen molar-refractivity contribution in [2.75, 3.05) is 7.11 Å². The highest BCUT2D eigenvalue weighted by molar-refractivity contribution is 5.88. The van der Waals surface area contributed by atoms with E-state index in [1.54, 1.807) is 19.9 Å². The van der Waals surface area contributed by atoms with Crippen molar-refractivity contribution >= 4 is 17.8 Å². The average Bonchev–Trinajstić information content (AvgIpc) is 3.39. The highest BCUT2D eigenvalue weighted by Gasteiger charge is 2.81. The fourth-order valence-corrected chi connectivity index (χ4v) is 11.4. The van der Waals surface area contributed by atoms with Crippen molar-refractivity contribution in [2.45, 2.75) is 171 Å². The van der Waals surface area contributed by atoms with Gasteiger partial charge in [0, 0.05) is 31.9 Å². The molecule has 0 spiro atoms. The van der Waals surface area contributed by atoms with Crippen LogP contribution < -0.4 is 0 Å². The highest BCUT2D eigenvalue weighted by Crippen LogP contribution is 2.71. The predicted octanol–water partition coefficient (Wildman–Crippen LogP) is 3.51. The maximum atomic E-state index is 13.4. The normalized spacial score (nSPS) is 47.7. The Morgan fingerprint density at radius 1 is 0.911 bits per heavy atom. The molecule has 0 radical (unpaired) electrons. The number of carbonyl (C=O) groups excluding carboxylic acids is 2. The number of carbonyl (C=O) groups is 2. The van der Waals surface area contributed by atoms with Gasteiger partial charge in [-0.15, -0.1) is 0 Å². The van der Waals surface area contributed by atoms with Gasteiger partial charge in [-0.3, -0.25) is 4.79 Å². The SMILES string of the molecule is CO[C@H]1C[C@H](O[C@H]2[C@@H](O)C[C@H](O[C@H]3CC[C@@]4(C)C(=CC[C@]5(O)[C@@H]4C[C@@H](OC(=O)/C=C/c4ccccc4)[C@@]4(C)[C@]5(O)CC[C@@]4(O)C(C)=O)C3)O[C@@H]2C)O[C@@H](C)[C@H]1O. The lowest BCUT2D eigenvalue weighted by Gasteiger charge is -2.67. The van der Waals surface area contributed by atoms with Gasteiger partial charge in [-0.2, -0.15) is 0 Å². The zero-order valence-corrected chi connectivity index (χ0v) is 33.3. The van der Waals surface area contributed by atoms with Crippen molar-refractivity contribution in [3.05, 3.63) is 53.6 Å². The first-order chi connectivity index (χ1) is 26.4. The zero-order chi connectivity index (χ0) is 40.4. The van der Waals surface area contributed by atoms with Crippen molar-refractivity contribution in [1.82, 2.24) is 0 Å². The Bertz CT molecular complexity index is 1670. The largest absolute Gasteiger partial charge is 0.458 e. The van der Waals surface area contributed by atoms with Gasteiger partial charge < -0.3 is 54.0 Å². The molecule has 0 amide bonds. The third-order valence-corrected chi connectivity index (χ3v) is 14.9. The molecule has 5 fully saturated rings. The van der Waals surface area contributed by atoms with Crippen molar-refractivity contribution in [1.29, 1.82) is 0 Å². The van der Waals surface area contributed by atoms with Crippen molar-refractivity contribution in [3.63, 3.8) is 0 Å². The minimum absolute atomic E-state index is 0.0451. The molecule has 16 atom stereocenters. The maximum absolute atomic E-state index is 13.4. The van der Waals surface area contributed by atoms with Gasteiger partial charge in [-0.05, 0) is 89.7 Å². The molecule has 2 saturated heterocycles. The minimum Gasteiger partial charge on any atom is -0.458 e. The van der Waals surface area contributed by atoms with Gasteiger partial charge in [-0.25, -0.2) is 4.79 Å². The monoisotopic (exact) mass is 784 g/mol. The molecule has 0 aromatic heterocycles. The lowest BCUT2D eigenvalue weighted by molar-refractivity contribution is -0.320. The zero-order valence-electron chi connectivity index (χ0n) is 33.3. The van der Waals surface area contributed by atoms with E-state index in [1.165, 1.54) is 20.1 Å². The van der Waals surface area contributed by atoms with E-state index in [1.807, 2.05) is 43.3 Å². The van der Waals surface area contributed by atoms with E-state index in [0.29, 0.717) is 25.7 Å². The van der Waals surface area contributed by atoms with Crippen LogP contribution in [0.1, 0.15) is 98.0 Å². The van der Waals surface area contributed by atoms with Gasteiger partial charge in [0.05, 0.1) is 35.9 Å². The van der Waals surface area contributed by atoms with Crippen LogP contribution in [-0.4, -0.2) is 123 Å². The Morgan fingerprint density at radius 2 is 1.61 bits per heavy atom. The molecule has 56 heavy (non-hydrogen) atoms. The van der Waals surface area contributed by atoms with Crippen LogP contribution in [0.2, 0.25) is 0 Å². The molecule has 6 aliphatic rings. The van der Waals surface area contributed by atoms with Crippen LogP contribution in [0, 0.1) is 16.7 Å². The van der Waals surface area contributed by atoms with Gasteiger partial charge in [0.15, 0.2) is 18.4 Å². The third-order valence-electron chi connectivity index (χ3n) is 14.9. The second-order valence-corrected chi connectivity index (χ2v) is 17.7. The van der Waals surface area contributed by atoms with Crippen molar-refractivity contribution < 1.29 is 63.5 Å². The van der Waals surface area contributed by atoms with Crippen LogP contribution in [0.4, 0.5) is 0 Å². The number of rotatable bonds is 9. The first-order valence-electron chi connectivity index (χ1n) is 20.2. The summed E-state index contributed by atoms with van der Waals surface area (Å²) in [7, 11) is 1.53. The lowest BCUT2D eigenvalue weighted by atomic mass is 9.42. The average molecular weight is 785 g/mol. The summed E-state index contributed by atoms with van der Waals surface area (Å²) in [6.45, 7) is 8.50. The summed E-state index contributed by atoms with van der Waals surface area (Å²) in [6, 6.07) is 9.27. The smallest absolute Gasteiger partial charge is 0.331 e. The Hall–Kier alpha value is -2.56. The van der Waals surface area contributed by atoms with E-state index < -0.39 is 101 Å². The van der Waals surface area contributed by atoms with E-state index >= 15 is 0 Å². The molecule has 1 aromatic rings. The molecule has 3 saturated carbocycles. The third kappa shape index (κ3) is 6.64. The number of aliphatic hydroxyl groups is 5. The van der Waals surface area contributed by atoms with E-state index in [9.17, 15) is 35.1 Å². The van der Waals surface area contributed by atoms with Crippen LogP contribution in [0.25, 0.3) is 6.08 Å². The maximum Gasteiger partial charge on any atom is 0.331 e. The van der Waals surface area contributed by atoms with E-state index in [-0.39, 0.29) is 38.2 Å². The topological polar surface area (TPSA) is 191 Å². The fourth-order valence-electron chi connectivity index (χ4n) is 11.4. The number of esters is 1. The molecule has 7 rings (SSSR count). The van der Waals surface area contributed by atoms with Gasteiger partial charge in [0.2, 0.25) is 0 Å². The van der Waals surface area contributed by atoms with Crippen LogP contribution in [0.3, 0.4) is 0 Å². The number of hydrogen-bond acceptors (Lipinski definition) is 13. The summed E-state index contributed by atoms with van der Waals surface area (Å²) >= 11 is 0. The summed E-state index contributed by atoms with van der Waals surface area (Å²) in [5.41, 5.74) is -6.19. The molecule has 13 nitrogen and oxygen atoms in total. The van der Waals surface area contributed by atoms with Gasteiger partial charge in [0.1, 0.15) is 35.1 Å². The summed E-state index contributed by atoms with van der Waals surface area (Å²) in [5, 5.41) is 59.2. The first-order valence-corrected chi connectivity index (χ1v) is 20.2. The number of Topliss-reactive ketones (excluding diaryl/α,β-unsaturated/α-hetero) is 1.